The van der Waals surface area contributed by atoms with E-state index in [1.165, 1.54) is 12.1 Å². The molecule has 1 aliphatic heterocycles. The third kappa shape index (κ3) is 2.60. The van der Waals surface area contributed by atoms with Crippen molar-refractivity contribution in [1.29, 1.82) is 0 Å². The number of benzene rings is 1. The lowest BCUT2D eigenvalue weighted by molar-refractivity contribution is -0.312. The molecule has 3 rings (SSSR count). The van der Waals surface area contributed by atoms with E-state index in [1.807, 2.05) is 6.92 Å². The van der Waals surface area contributed by atoms with Gasteiger partial charge in [0.05, 0.1) is 5.92 Å². The second-order valence-corrected chi connectivity index (χ2v) is 6.45. The van der Waals surface area contributed by atoms with Crippen LogP contribution in [-0.2, 0) is 0 Å². The molecule has 2 aliphatic rings. The first-order chi connectivity index (χ1) is 11.2. The summed E-state index contributed by atoms with van der Waals surface area (Å²) in [5.41, 5.74) is -2.04. The van der Waals surface area contributed by atoms with Crippen molar-refractivity contribution in [3.05, 3.63) is 35.4 Å². The Bertz CT molecular complexity index is 669. The fourth-order valence-corrected chi connectivity index (χ4v) is 3.41. The van der Waals surface area contributed by atoms with Gasteiger partial charge in [-0.1, -0.05) is 30.5 Å². The number of alkyl halides is 3. The van der Waals surface area contributed by atoms with Crippen LogP contribution in [-0.4, -0.2) is 33.6 Å². The minimum absolute atomic E-state index is 0.0732. The van der Waals surface area contributed by atoms with Crippen LogP contribution < -0.4 is 0 Å². The van der Waals surface area contributed by atoms with Gasteiger partial charge in [0.15, 0.2) is 0 Å². The average molecular weight is 340 g/mol. The Morgan fingerprint density at radius 2 is 1.92 bits per heavy atom. The number of fused-ring (bicyclic) bond motifs is 1. The molecule has 0 saturated heterocycles. The van der Waals surface area contributed by atoms with Crippen molar-refractivity contribution in [2.75, 3.05) is 0 Å². The molecule has 1 saturated carbocycles. The van der Waals surface area contributed by atoms with Crippen molar-refractivity contribution in [1.82, 2.24) is 5.01 Å². The molecule has 1 aliphatic carbocycles. The third-order valence-electron chi connectivity index (χ3n) is 4.77. The van der Waals surface area contributed by atoms with Crippen LogP contribution in [0.3, 0.4) is 0 Å². The van der Waals surface area contributed by atoms with Crippen LogP contribution in [0, 0.1) is 12.8 Å². The van der Waals surface area contributed by atoms with Gasteiger partial charge in [-0.05, 0) is 38.3 Å². The first-order valence-corrected chi connectivity index (χ1v) is 8.03. The van der Waals surface area contributed by atoms with Gasteiger partial charge >= 0.3 is 6.18 Å². The van der Waals surface area contributed by atoms with E-state index in [1.54, 1.807) is 12.1 Å². The Labute approximate surface area is 138 Å². The molecule has 130 valence electrons. The average Bonchev–Trinajstić information content (AvgIpc) is 2.68. The van der Waals surface area contributed by atoms with Gasteiger partial charge in [0.25, 0.3) is 11.6 Å². The second kappa shape index (κ2) is 5.88. The molecule has 24 heavy (non-hydrogen) atoms. The van der Waals surface area contributed by atoms with E-state index < -0.39 is 23.7 Å². The molecule has 0 radical (unpaired) electrons. The van der Waals surface area contributed by atoms with E-state index in [4.69, 9.17) is 0 Å². The molecule has 4 nitrogen and oxygen atoms in total. The van der Waals surface area contributed by atoms with Gasteiger partial charge in [-0.25, -0.2) is 0 Å². The Morgan fingerprint density at radius 3 is 2.54 bits per heavy atom. The summed E-state index contributed by atoms with van der Waals surface area (Å²) in [4.78, 5) is 12.6. The van der Waals surface area contributed by atoms with Gasteiger partial charge in [-0.2, -0.15) is 23.3 Å². The summed E-state index contributed by atoms with van der Waals surface area (Å²) < 4.78 is 41.2. The standard InChI is InChI=1S/C17H19F3N2O2/c1-11-7-9-12(10-8-11)15(23)22-16(24,17(18,19)20)13-5-3-2-4-6-14(13)21-22/h7-10,13,24H,2-6H2,1H3/t13-,16-/m0/s1. The lowest BCUT2D eigenvalue weighted by Crippen LogP contribution is -2.61. The Balaban J connectivity index is 2.03. The minimum Gasteiger partial charge on any atom is -0.362 e. The first kappa shape index (κ1) is 17.0. The minimum atomic E-state index is -4.98. The molecule has 2 atom stereocenters. The fourth-order valence-electron chi connectivity index (χ4n) is 3.41. The molecular formula is C17H19F3N2O2. The number of hydrogen-bond donors (Lipinski definition) is 1. The monoisotopic (exact) mass is 340 g/mol. The van der Waals surface area contributed by atoms with Crippen LogP contribution in [0.1, 0.15) is 48.0 Å². The van der Waals surface area contributed by atoms with Gasteiger partial charge in [-0.15, -0.1) is 0 Å². The smallest absolute Gasteiger partial charge is 0.362 e. The number of hydrogen-bond acceptors (Lipinski definition) is 3. The highest BCUT2D eigenvalue weighted by Gasteiger charge is 2.68. The molecule has 1 amide bonds. The number of carbonyl (C=O) groups is 1. The first-order valence-electron chi connectivity index (χ1n) is 8.03. The Kier molecular flexibility index (Phi) is 4.15. The molecule has 0 aromatic heterocycles. The number of carbonyl (C=O) groups excluding carboxylic acids is 1. The van der Waals surface area contributed by atoms with Crippen LogP contribution in [0.2, 0.25) is 0 Å². The van der Waals surface area contributed by atoms with Crippen molar-refractivity contribution < 1.29 is 23.1 Å². The molecule has 1 N–H and O–H groups in total. The van der Waals surface area contributed by atoms with E-state index in [9.17, 15) is 23.1 Å². The molecule has 1 aromatic carbocycles. The quantitative estimate of drug-likeness (QED) is 0.849. The van der Waals surface area contributed by atoms with Crippen molar-refractivity contribution in [2.45, 2.75) is 50.9 Å². The van der Waals surface area contributed by atoms with Gasteiger partial charge in [-0.3, -0.25) is 4.79 Å². The van der Waals surface area contributed by atoms with E-state index in [2.05, 4.69) is 5.10 Å². The van der Waals surface area contributed by atoms with Gasteiger partial charge in [0.1, 0.15) is 0 Å². The van der Waals surface area contributed by atoms with Crippen molar-refractivity contribution in [3.63, 3.8) is 0 Å². The topological polar surface area (TPSA) is 52.9 Å². The molecular weight excluding hydrogens is 321 g/mol. The van der Waals surface area contributed by atoms with Gasteiger partial charge in [0.2, 0.25) is 0 Å². The summed E-state index contributed by atoms with van der Waals surface area (Å²) in [5.74, 6) is -2.12. The number of amides is 1. The number of rotatable bonds is 1. The zero-order valence-electron chi connectivity index (χ0n) is 13.3. The molecule has 1 heterocycles. The lowest BCUT2D eigenvalue weighted by atomic mass is 9.87. The predicted molar refractivity (Wildman–Crippen MR) is 82.4 cm³/mol. The zero-order valence-corrected chi connectivity index (χ0v) is 13.3. The summed E-state index contributed by atoms with van der Waals surface area (Å²) in [6, 6.07) is 6.17. The SMILES string of the molecule is Cc1ccc(C(=O)N2N=C3CCCCC[C@@H]3[C@]2(O)C(F)(F)F)cc1. The molecule has 1 fully saturated rings. The zero-order chi connectivity index (χ0) is 17.5. The third-order valence-corrected chi connectivity index (χ3v) is 4.77. The van der Waals surface area contributed by atoms with Gasteiger partial charge in [0, 0.05) is 11.3 Å². The lowest BCUT2D eigenvalue weighted by Gasteiger charge is -2.37. The Morgan fingerprint density at radius 1 is 1.25 bits per heavy atom. The maximum atomic E-state index is 13.7. The molecule has 0 bridgehead atoms. The molecule has 1 aromatic rings. The van der Waals surface area contributed by atoms with Crippen LogP contribution in [0.25, 0.3) is 0 Å². The summed E-state index contributed by atoms with van der Waals surface area (Å²) >= 11 is 0. The summed E-state index contributed by atoms with van der Waals surface area (Å²) in [6.07, 6.45) is -2.33. The van der Waals surface area contributed by atoms with E-state index in [0.717, 1.165) is 18.4 Å². The molecule has 7 heteroatoms. The number of halogens is 3. The van der Waals surface area contributed by atoms with Crippen molar-refractivity contribution in [3.8, 4) is 0 Å². The molecule has 0 unspecified atom stereocenters. The van der Waals surface area contributed by atoms with Crippen LogP contribution in [0.5, 0.6) is 0 Å². The summed E-state index contributed by atoms with van der Waals surface area (Å²) in [6.45, 7) is 1.81. The number of aryl methyl sites for hydroxylation is 1. The highest BCUT2D eigenvalue weighted by molar-refractivity contribution is 5.99. The van der Waals surface area contributed by atoms with Crippen LogP contribution in [0.4, 0.5) is 13.2 Å². The normalized spacial score (nSPS) is 27.5. The summed E-state index contributed by atoms with van der Waals surface area (Å²) in [5, 5.41) is 14.7. The van der Waals surface area contributed by atoms with Crippen LogP contribution >= 0.6 is 0 Å². The highest BCUT2D eigenvalue weighted by Crippen LogP contribution is 2.47. The van der Waals surface area contributed by atoms with E-state index >= 15 is 0 Å². The number of hydrazone groups is 1. The predicted octanol–water partition coefficient (Wildman–Crippen LogP) is 3.64. The highest BCUT2D eigenvalue weighted by atomic mass is 19.4. The largest absolute Gasteiger partial charge is 0.439 e. The Hall–Kier alpha value is -1.89. The number of nitrogens with zero attached hydrogens (tertiary/aromatic N) is 2. The second-order valence-electron chi connectivity index (χ2n) is 6.45. The van der Waals surface area contributed by atoms with E-state index in [0.29, 0.717) is 12.8 Å². The molecule has 0 spiro atoms. The van der Waals surface area contributed by atoms with Crippen LogP contribution in [0.15, 0.2) is 29.4 Å². The van der Waals surface area contributed by atoms with Crippen molar-refractivity contribution in [2.24, 2.45) is 11.0 Å². The maximum absolute atomic E-state index is 13.7. The summed E-state index contributed by atoms with van der Waals surface area (Å²) in [7, 11) is 0. The number of aliphatic hydroxyl groups is 1. The van der Waals surface area contributed by atoms with Crippen molar-refractivity contribution >= 4 is 11.6 Å². The van der Waals surface area contributed by atoms with E-state index in [-0.39, 0.29) is 22.7 Å². The fraction of sp³-hybridized carbons (Fsp3) is 0.529. The van der Waals surface area contributed by atoms with Gasteiger partial charge < -0.3 is 5.11 Å². The maximum Gasteiger partial charge on any atom is 0.439 e.